The quantitative estimate of drug-likeness (QED) is 0.929. The van der Waals surface area contributed by atoms with Crippen LogP contribution in [0.5, 0.6) is 5.75 Å². The van der Waals surface area contributed by atoms with Crippen molar-refractivity contribution in [2.75, 3.05) is 0 Å². The second-order valence-electron chi connectivity index (χ2n) is 4.57. The molecule has 3 nitrogen and oxygen atoms in total. The van der Waals surface area contributed by atoms with Crippen molar-refractivity contribution < 1.29 is 14.2 Å². The average molecular weight is 306 g/mol. The Hall–Kier alpha value is -2.09. The summed E-state index contributed by atoms with van der Waals surface area (Å²) in [6.45, 7) is 1.64. The van der Waals surface area contributed by atoms with Gasteiger partial charge in [-0.05, 0) is 36.8 Å². The minimum atomic E-state index is -0.618. The van der Waals surface area contributed by atoms with E-state index in [0.29, 0.717) is 21.9 Å². The number of benzene rings is 2. The highest BCUT2D eigenvalue weighted by atomic mass is 35.5. The van der Waals surface area contributed by atoms with Gasteiger partial charge in [-0.3, -0.25) is 0 Å². The van der Waals surface area contributed by atoms with E-state index < -0.39 is 11.9 Å². The number of nitriles is 1. The molecule has 21 heavy (non-hydrogen) atoms. The van der Waals surface area contributed by atoms with Crippen molar-refractivity contribution in [3.05, 3.63) is 63.9 Å². The molecule has 0 spiro atoms. The maximum atomic E-state index is 13.7. The Kier molecular flexibility index (Phi) is 4.79. The molecule has 0 saturated carbocycles. The van der Waals surface area contributed by atoms with Gasteiger partial charge in [-0.15, -0.1) is 0 Å². The van der Waals surface area contributed by atoms with Crippen LogP contribution in [0, 0.1) is 17.1 Å². The zero-order chi connectivity index (χ0) is 15.4. The van der Waals surface area contributed by atoms with Crippen molar-refractivity contribution in [1.82, 2.24) is 0 Å². The molecular weight excluding hydrogens is 293 g/mol. The van der Waals surface area contributed by atoms with Gasteiger partial charge in [0, 0.05) is 5.56 Å². The summed E-state index contributed by atoms with van der Waals surface area (Å²) >= 11 is 6.05. The monoisotopic (exact) mass is 305 g/mol. The first-order valence-corrected chi connectivity index (χ1v) is 6.68. The number of hydrogen-bond acceptors (Lipinski definition) is 3. The van der Waals surface area contributed by atoms with Gasteiger partial charge in [0.15, 0.2) is 0 Å². The van der Waals surface area contributed by atoms with Gasteiger partial charge in [0.25, 0.3) is 0 Å². The number of nitrogens with zero attached hydrogens (tertiary/aromatic N) is 1. The van der Waals surface area contributed by atoms with Crippen molar-refractivity contribution in [2.24, 2.45) is 0 Å². The first-order valence-electron chi connectivity index (χ1n) is 6.30. The zero-order valence-electron chi connectivity index (χ0n) is 11.3. The van der Waals surface area contributed by atoms with Gasteiger partial charge in [-0.2, -0.15) is 5.26 Å². The minimum Gasteiger partial charge on any atom is -0.487 e. The number of aliphatic hydroxyl groups excluding tert-OH is 1. The lowest BCUT2D eigenvalue weighted by atomic mass is 10.1. The van der Waals surface area contributed by atoms with Gasteiger partial charge in [0.05, 0.1) is 22.8 Å². The van der Waals surface area contributed by atoms with Crippen molar-refractivity contribution in [3.8, 4) is 11.8 Å². The molecule has 0 bridgehead atoms. The third-order valence-corrected chi connectivity index (χ3v) is 3.30. The lowest BCUT2D eigenvalue weighted by Crippen LogP contribution is -2.00. The molecule has 0 aliphatic heterocycles. The SMILES string of the molecule is CC(O)c1ccc(OCc2ccc(C#N)cc2F)c(Cl)c1. The van der Waals surface area contributed by atoms with Crippen molar-refractivity contribution in [3.63, 3.8) is 0 Å². The van der Waals surface area contributed by atoms with Crippen molar-refractivity contribution in [1.29, 1.82) is 5.26 Å². The largest absolute Gasteiger partial charge is 0.487 e. The summed E-state index contributed by atoms with van der Waals surface area (Å²) in [7, 11) is 0. The lowest BCUT2D eigenvalue weighted by Gasteiger charge is -2.11. The molecule has 1 N–H and O–H groups in total. The Morgan fingerprint density at radius 2 is 2.10 bits per heavy atom. The Labute approximate surface area is 127 Å². The van der Waals surface area contributed by atoms with Crippen LogP contribution in [0.4, 0.5) is 4.39 Å². The van der Waals surface area contributed by atoms with Crippen molar-refractivity contribution in [2.45, 2.75) is 19.6 Å². The maximum Gasteiger partial charge on any atom is 0.138 e. The molecule has 2 aromatic rings. The Morgan fingerprint density at radius 3 is 2.67 bits per heavy atom. The fourth-order valence-electron chi connectivity index (χ4n) is 1.78. The number of aliphatic hydroxyl groups is 1. The summed E-state index contributed by atoms with van der Waals surface area (Å²) < 4.78 is 19.2. The first kappa shape index (κ1) is 15.3. The number of rotatable bonds is 4. The predicted octanol–water partition coefficient (Wildman–Crippen LogP) is 3.98. The van der Waals surface area contributed by atoms with E-state index in [4.69, 9.17) is 21.6 Å². The normalized spacial score (nSPS) is 11.8. The molecule has 1 unspecified atom stereocenters. The highest BCUT2D eigenvalue weighted by Crippen LogP contribution is 2.28. The van der Waals surface area contributed by atoms with Crippen LogP contribution in [0.25, 0.3) is 0 Å². The van der Waals surface area contributed by atoms with Crippen LogP contribution < -0.4 is 4.74 Å². The van der Waals surface area contributed by atoms with E-state index in [1.54, 1.807) is 25.1 Å². The molecule has 0 saturated heterocycles. The molecule has 0 radical (unpaired) electrons. The van der Waals surface area contributed by atoms with Gasteiger partial charge in [-0.1, -0.05) is 23.7 Å². The Balaban J connectivity index is 2.12. The van der Waals surface area contributed by atoms with Crippen molar-refractivity contribution >= 4 is 11.6 Å². The van der Waals surface area contributed by atoms with Crippen LogP contribution in [0.2, 0.25) is 5.02 Å². The van der Waals surface area contributed by atoms with Gasteiger partial charge in [0.2, 0.25) is 0 Å². The lowest BCUT2D eigenvalue weighted by molar-refractivity contribution is 0.199. The second-order valence-corrected chi connectivity index (χ2v) is 4.98. The third-order valence-electron chi connectivity index (χ3n) is 3.00. The third kappa shape index (κ3) is 3.72. The first-order chi connectivity index (χ1) is 10.0. The highest BCUT2D eigenvalue weighted by Gasteiger charge is 2.09. The molecule has 0 aliphatic rings. The minimum absolute atomic E-state index is 0.00525. The van der Waals surface area contributed by atoms with Gasteiger partial charge in [-0.25, -0.2) is 4.39 Å². The number of halogens is 2. The molecule has 0 aromatic heterocycles. The summed E-state index contributed by atoms with van der Waals surface area (Å²) in [5.41, 5.74) is 1.28. The van der Waals surface area contributed by atoms with Crippen LogP contribution in [-0.2, 0) is 6.61 Å². The molecule has 2 aromatic carbocycles. The van der Waals surface area contributed by atoms with Crippen LogP contribution in [-0.4, -0.2) is 5.11 Å². The maximum absolute atomic E-state index is 13.7. The average Bonchev–Trinajstić information content (AvgIpc) is 2.46. The molecule has 0 aliphatic carbocycles. The molecule has 0 fully saturated rings. The summed E-state index contributed by atoms with van der Waals surface area (Å²) in [6.07, 6.45) is -0.618. The molecule has 1 atom stereocenters. The van der Waals surface area contributed by atoms with Gasteiger partial charge in [0.1, 0.15) is 18.2 Å². The van der Waals surface area contributed by atoms with Crippen LogP contribution in [0.3, 0.4) is 0 Å². The summed E-state index contributed by atoms with van der Waals surface area (Å²) in [6, 6.07) is 11.0. The molecule has 0 heterocycles. The molecule has 0 amide bonds. The highest BCUT2D eigenvalue weighted by molar-refractivity contribution is 6.32. The molecular formula is C16H13ClFNO2. The fraction of sp³-hybridized carbons (Fsp3) is 0.188. The number of ether oxygens (including phenoxy) is 1. The summed E-state index contributed by atoms with van der Waals surface area (Å²) in [4.78, 5) is 0. The van der Waals surface area contributed by atoms with E-state index in [1.165, 1.54) is 12.1 Å². The fourth-order valence-corrected chi connectivity index (χ4v) is 2.03. The topological polar surface area (TPSA) is 53.2 Å². The van der Waals surface area contributed by atoms with E-state index in [1.807, 2.05) is 6.07 Å². The van der Waals surface area contributed by atoms with Crippen LogP contribution >= 0.6 is 11.6 Å². The van der Waals surface area contributed by atoms with E-state index in [2.05, 4.69) is 0 Å². The second kappa shape index (κ2) is 6.57. The van der Waals surface area contributed by atoms with Crippen LogP contribution in [0.1, 0.15) is 29.7 Å². The molecule has 2 rings (SSSR count). The van der Waals surface area contributed by atoms with Gasteiger partial charge >= 0.3 is 0 Å². The summed E-state index contributed by atoms with van der Waals surface area (Å²) in [5, 5.41) is 18.5. The smallest absolute Gasteiger partial charge is 0.138 e. The standard InChI is InChI=1S/C16H13ClFNO2/c1-10(20)12-4-5-16(14(17)7-12)21-9-13-3-2-11(8-19)6-15(13)18/h2-7,10,20H,9H2,1H3. The van der Waals surface area contributed by atoms with E-state index in [0.717, 1.165) is 6.07 Å². The number of hydrogen-bond donors (Lipinski definition) is 1. The molecule has 108 valence electrons. The van der Waals surface area contributed by atoms with Crippen LogP contribution in [0.15, 0.2) is 36.4 Å². The predicted molar refractivity (Wildman–Crippen MR) is 77.5 cm³/mol. The van der Waals surface area contributed by atoms with E-state index in [-0.39, 0.29) is 12.2 Å². The molecule has 5 heteroatoms. The Morgan fingerprint density at radius 1 is 1.33 bits per heavy atom. The van der Waals surface area contributed by atoms with Gasteiger partial charge < -0.3 is 9.84 Å². The summed E-state index contributed by atoms with van der Waals surface area (Å²) in [5.74, 6) is -0.0874. The zero-order valence-corrected chi connectivity index (χ0v) is 12.1. The van der Waals surface area contributed by atoms with E-state index >= 15 is 0 Å². The van der Waals surface area contributed by atoms with E-state index in [9.17, 15) is 9.50 Å². The Bertz CT molecular complexity index is 695.